The molecule has 4 aliphatic heterocycles. The molecule has 2 N–H and O–H groups in total. The van der Waals surface area contributed by atoms with E-state index in [9.17, 15) is 4.79 Å². The summed E-state index contributed by atoms with van der Waals surface area (Å²) >= 11 is 0. The molecular formula is C21H35NO8. The van der Waals surface area contributed by atoms with E-state index < -0.39 is 71.1 Å². The quantitative estimate of drug-likeness (QED) is 0.657. The predicted molar refractivity (Wildman–Crippen MR) is 104 cm³/mol. The first-order valence-electron chi connectivity index (χ1n) is 10.5. The lowest BCUT2D eigenvalue weighted by Gasteiger charge is -2.43. The number of hydrogen-bond donors (Lipinski definition) is 1. The van der Waals surface area contributed by atoms with Crippen LogP contribution in [0.1, 0.15) is 62.3 Å². The smallest absolute Gasteiger partial charge is 0.342 e. The third kappa shape index (κ3) is 3.30. The van der Waals surface area contributed by atoms with Crippen molar-refractivity contribution in [3.8, 4) is 0 Å². The number of carbonyl (C=O) groups is 1. The second-order valence-corrected chi connectivity index (χ2v) is 11.0. The monoisotopic (exact) mass is 429 g/mol. The third-order valence-corrected chi connectivity index (χ3v) is 6.64. The summed E-state index contributed by atoms with van der Waals surface area (Å²) in [7, 11) is 0. The Hall–Kier alpha value is -0.810. The molecule has 4 heterocycles. The number of cyclic esters (lactones) is 1. The van der Waals surface area contributed by atoms with Gasteiger partial charge in [0.25, 0.3) is 0 Å². The summed E-state index contributed by atoms with van der Waals surface area (Å²) in [4.78, 5) is 13.0. The van der Waals surface area contributed by atoms with Crippen molar-refractivity contribution in [2.75, 3.05) is 0 Å². The van der Waals surface area contributed by atoms with E-state index in [-0.39, 0.29) is 0 Å². The molecule has 0 spiro atoms. The zero-order chi connectivity index (χ0) is 22.5. The first-order chi connectivity index (χ1) is 13.5. The van der Waals surface area contributed by atoms with Gasteiger partial charge in [-0.05, 0) is 34.6 Å². The molecular weight excluding hydrogens is 394 g/mol. The molecule has 4 aliphatic rings. The molecule has 0 aromatic heterocycles. The zero-order valence-electron chi connectivity index (χ0n) is 19.3. The Balaban J connectivity index is 1.65. The normalized spacial score (nSPS) is 48.2. The molecule has 8 atom stereocenters. The maximum Gasteiger partial charge on any atom is 0.342 e. The number of rotatable bonds is 2. The van der Waals surface area contributed by atoms with Gasteiger partial charge in [-0.25, -0.2) is 4.79 Å². The van der Waals surface area contributed by atoms with Crippen LogP contribution in [-0.2, 0) is 38.0 Å². The molecule has 9 nitrogen and oxygen atoms in total. The second kappa shape index (κ2) is 6.37. The van der Waals surface area contributed by atoms with Gasteiger partial charge in [-0.2, -0.15) is 0 Å². The molecule has 4 rings (SSSR count). The highest BCUT2D eigenvalue weighted by atomic mass is 16.9. The Kier molecular flexibility index (Phi) is 4.75. The number of nitrogens with two attached hydrogens (primary N) is 1. The Labute approximate surface area is 177 Å². The maximum absolute atomic E-state index is 13.0. The summed E-state index contributed by atoms with van der Waals surface area (Å²) < 4.78 is 42.4. The maximum atomic E-state index is 13.0. The summed E-state index contributed by atoms with van der Waals surface area (Å²) in [5.74, 6) is -3.36. The fourth-order valence-electron chi connectivity index (χ4n) is 4.50. The van der Waals surface area contributed by atoms with E-state index in [2.05, 4.69) is 0 Å². The van der Waals surface area contributed by atoms with Crippen LogP contribution >= 0.6 is 0 Å². The van der Waals surface area contributed by atoms with Crippen molar-refractivity contribution in [1.29, 1.82) is 0 Å². The number of esters is 1. The first-order valence-corrected chi connectivity index (χ1v) is 10.5. The van der Waals surface area contributed by atoms with Crippen molar-refractivity contribution in [3.63, 3.8) is 0 Å². The van der Waals surface area contributed by atoms with E-state index >= 15 is 0 Å². The second-order valence-electron chi connectivity index (χ2n) is 11.0. The molecule has 172 valence electrons. The molecule has 4 saturated heterocycles. The molecule has 0 unspecified atom stereocenters. The Morgan fingerprint density at radius 1 is 0.867 bits per heavy atom. The minimum Gasteiger partial charge on any atom is -0.431 e. The SMILES string of the molecule is CC1(C)O[C@@H]2[C@H](O1)[C@H]1OC(C)(C)O[C@H]1O[C@@H]2[C@@H](N)[C@@]1(C)O[C@](C)(C(C)(C)C)OC1=O. The van der Waals surface area contributed by atoms with Crippen LogP contribution in [0.3, 0.4) is 0 Å². The zero-order valence-corrected chi connectivity index (χ0v) is 19.3. The molecule has 0 aromatic rings. The minimum atomic E-state index is -1.44. The molecule has 0 aliphatic carbocycles. The highest BCUT2D eigenvalue weighted by Gasteiger charge is 2.67. The lowest BCUT2D eigenvalue weighted by molar-refractivity contribution is -0.262. The molecule has 9 heteroatoms. The van der Waals surface area contributed by atoms with Crippen molar-refractivity contribution >= 4 is 5.97 Å². The van der Waals surface area contributed by atoms with E-state index in [0.717, 1.165) is 0 Å². The highest BCUT2D eigenvalue weighted by Crippen LogP contribution is 2.49. The summed E-state index contributed by atoms with van der Waals surface area (Å²) in [5.41, 5.74) is 4.76. The molecule has 4 fully saturated rings. The summed E-state index contributed by atoms with van der Waals surface area (Å²) in [6, 6.07) is -0.896. The van der Waals surface area contributed by atoms with E-state index in [1.807, 2.05) is 48.5 Å². The Morgan fingerprint density at radius 3 is 1.97 bits per heavy atom. The average Bonchev–Trinajstić information content (AvgIpc) is 3.14. The van der Waals surface area contributed by atoms with Crippen LogP contribution in [0.5, 0.6) is 0 Å². The minimum absolute atomic E-state index is 0.456. The number of hydrogen-bond acceptors (Lipinski definition) is 9. The van der Waals surface area contributed by atoms with Gasteiger partial charge >= 0.3 is 5.97 Å². The van der Waals surface area contributed by atoms with Crippen LogP contribution in [0, 0.1) is 5.41 Å². The molecule has 0 aromatic carbocycles. The van der Waals surface area contributed by atoms with Gasteiger partial charge in [-0.3, -0.25) is 0 Å². The standard InChI is InChI=1S/C21H35NO8/c1-17(2,3)21(9)29-16(23)20(8,30-21)14(22)12-10-11(26-18(4,5)25-10)13-15(24-12)28-19(6,7)27-13/h10-15H,22H2,1-9H3/t10-,11+,12+,13-,14-,15-,20-,21-/m1/s1. The van der Waals surface area contributed by atoms with Gasteiger partial charge < -0.3 is 38.9 Å². The molecule has 0 radical (unpaired) electrons. The van der Waals surface area contributed by atoms with Crippen molar-refractivity contribution in [2.45, 2.75) is 122 Å². The van der Waals surface area contributed by atoms with Crippen LogP contribution in [0.2, 0.25) is 0 Å². The summed E-state index contributed by atoms with van der Waals surface area (Å²) in [6.07, 6.45) is -2.95. The van der Waals surface area contributed by atoms with Gasteiger partial charge in [0.2, 0.25) is 5.79 Å². The number of ether oxygens (including phenoxy) is 7. The van der Waals surface area contributed by atoms with Crippen molar-refractivity contribution in [2.24, 2.45) is 11.1 Å². The highest BCUT2D eigenvalue weighted by molar-refractivity contribution is 5.82. The van der Waals surface area contributed by atoms with Crippen LogP contribution in [-0.4, -0.2) is 65.7 Å². The summed E-state index contributed by atoms with van der Waals surface area (Å²) in [6.45, 7) is 16.5. The van der Waals surface area contributed by atoms with Crippen molar-refractivity contribution in [1.82, 2.24) is 0 Å². The van der Waals surface area contributed by atoms with Gasteiger partial charge in [0.05, 0.1) is 6.04 Å². The van der Waals surface area contributed by atoms with E-state index in [4.69, 9.17) is 38.9 Å². The number of fused-ring (bicyclic) bond motifs is 3. The van der Waals surface area contributed by atoms with E-state index in [1.54, 1.807) is 13.8 Å². The van der Waals surface area contributed by atoms with Gasteiger partial charge in [0, 0.05) is 12.3 Å². The number of carbonyl (C=O) groups excluding carboxylic acids is 1. The topological polar surface area (TPSA) is 108 Å². The van der Waals surface area contributed by atoms with Crippen LogP contribution in [0.15, 0.2) is 0 Å². The molecule has 0 saturated carbocycles. The first kappa shape index (κ1) is 22.4. The molecule has 30 heavy (non-hydrogen) atoms. The van der Waals surface area contributed by atoms with Crippen molar-refractivity contribution in [3.05, 3.63) is 0 Å². The van der Waals surface area contributed by atoms with Gasteiger partial charge in [0.1, 0.15) is 24.4 Å². The largest absolute Gasteiger partial charge is 0.431 e. The van der Waals surface area contributed by atoms with E-state index in [1.165, 1.54) is 0 Å². The fraction of sp³-hybridized carbons (Fsp3) is 0.952. The predicted octanol–water partition coefficient (Wildman–Crippen LogP) is 1.80. The van der Waals surface area contributed by atoms with Crippen molar-refractivity contribution < 1.29 is 38.0 Å². The lowest BCUT2D eigenvalue weighted by atomic mass is 9.84. The lowest BCUT2D eigenvalue weighted by Crippen LogP contribution is -2.67. The average molecular weight is 430 g/mol. The van der Waals surface area contributed by atoms with Gasteiger partial charge in [0.15, 0.2) is 23.5 Å². The van der Waals surface area contributed by atoms with Crippen LogP contribution in [0.25, 0.3) is 0 Å². The van der Waals surface area contributed by atoms with Crippen LogP contribution < -0.4 is 5.73 Å². The Morgan fingerprint density at radius 2 is 1.40 bits per heavy atom. The third-order valence-electron chi connectivity index (χ3n) is 6.64. The molecule has 0 bridgehead atoms. The molecule has 0 amide bonds. The van der Waals surface area contributed by atoms with Gasteiger partial charge in [-0.1, -0.05) is 20.8 Å². The van der Waals surface area contributed by atoms with Gasteiger partial charge in [-0.15, -0.1) is 0 Å². The Bertz CT molecular complexity index is 733. The fourth-order valence-corrected chi connectivity index (χ4v) is 4.50. The van der Waals surface area contributed by atoms with E-state index in [0.29, 0.717) is 0 Å². The summed E-state index contributed by atoms with van der Waals surface area (Å²) in [5, 5.41) is 0. The van der Waals surface area contributed by atoms with Crippen LogP contribution in [0.4, 0.5) is 0 Å².